The lowest BCUT2D eigenvalue weighted by molar-refractivity contribution is 0.824. The summed E-state index contributed by atoms with van der Waals surface area (Å²) in [7, 11) is 0. The van der Waals surface area contributed by atoms with Gasteiger partial charge in [0, 0.05) is 26.7 Å². The Hall–Kier alpha value is -2.86. The number of benzene rings is 4. The molecule has 0 amide bonds. The fraction of sp³-hybridized carbons (Fsp3) is 0. The van der Waals surface area contributed by atoms with Crippen molar-refractivity contribution in [1.29, 1.82) is 0 Å². The predicted octanol–water partition coefficient (Wildman–Crippen LogP) is 5.48. The lowest BCUT2D eigenvalue weighted by atomic mass is 10.0. The maximum atomic E-state index is 12.5. The van der Waals surface area contributed by atoms with Crippen molar-refractivity contribution < 1.29 is 5.48 Å². The Balaban J connectivity index is 0.00000192. The molecular formula is C23H17NO2S2. The third-order valence-electron chi connectivity index (χ3n) is 4.68. The standard InChI is InChI=1S/C23H15NOS2.H2O/c24-19-10-9-16-11-14-5-1-2-6-15(14)12-18(16)23(19)27-22-13-20(25)17-7-3-4-8-21(17)26-22;/h1-13H,24H2;1H2. The topological polar surface area (TPSA) is 74.6 Å². The van der Waals surface area contributed by atoms with Gasteiger partial charge in [-0.25, -0.2) is 0 Å². The highest BCUT2D eigenvalue weighted by molar-refractivity contribution is 8.01. The van der Waals surface area contributed by atoms with Gasteiger partial charge in [0.25, 0.3) is 0 Å². The van der Waals surface area contributed by atoms with Crippen LogP contribution in [-0.2, 0) is 0 Å². The maximum absolute atomic E-state index is 12.5. The molecule has 3 nitrogen and oxygen atoms in total. The Morgan fingerprint density at radius 2 is 1.46 bits per heavy atom. The van der Waals surface area contributed by atoms with E-state index in [4.69, 9.17) is 5.73 Å². The van der Waals surface area contributed by atoms with Gasteiger partial charge in [-0.05, 0) is 51.9 Å². The molecule has 4 N–H and O–H groups in total. The lowest BCUT2D eigenvalue weighted by Gasteiger charge is -2.11. The van der Waals surface area contributed by atoms with Crippen molar-refractivity contribution in [2.75, 3.05) is 5.73 Å². The molecule has 5 heteroatoms. The largest absolute Gasteiger partial charge is 0.412 e. The van der Waals surface area contributed by atoms with Gasteiger partial charge >= 0.3 is 0 Å². The summed E-state index contributed by atoms with van der Waals surface area (Å²) < 4.78 is 1.95. The molecule has 0 aliphatic carbocycles. The van der Waals surface area contributed by atoms with Crippen LogP contribution in [-0.4, -0.2) is 5.48 Å². The molecule has 0 aliphatic rings. The van der Waals surface area contributed by atoms with Crippen LogP contribution in [0.4, 0.5) is 5.69 Å². The molecule has 138 valence electrons. The van der Waals surface area contributed by atoms with E-state index in [9.17, 15) is 4.79 Å². The van der Waals surface area contributed by atoms with Crippen molar-refractivity contribution >= 4 is 60.4 Å². The summed E-state index contributed by atoms with van der Waals surface area (Å²) in [4.78, 5) is 13.5. The molecule has 1 heterocycles. The van der Waals surface area contributed by atoms with Gasteiger partial charge in [0.05, 0.1) is 4.21 Å². The summed E-state index contributed by atoms with van der Waals surface area (Å²) in [5.74, 6) is 0. The Bertz CT molecular complexity index is 1390. The third-order valence-corrected chi connectivity index (χ3v) is 7.06. The number of anilines is 1. The smallest absolute Gasteiger partial charge is 0.189 e. The monoisotopic (exact) mass is 403 g/mol. The number of hydrogen-bond donors (Lipinski definition) is 1. The Kier molecular flexibility index (Phi) is 4.81. The summed E-state index contributed by atoms with van der Waals surface area (Å²) in [6.45, 7) is 0. The molecular weight excluding hydrogens is 386 g/mol. The van der Waals surface area contributed by atoms with Crippen LogP contribution < -0.4 is 11.2 Å². The number of hydrogen-bond acceptors (Lipinski definition) is 4. The van der Waals surface area contributed by atoms with Crippen molar-refractivity contribution in [2.45, 2.75) is 9.10 Å². The van der Waals surface area contributed by atoms with Gasteiger partial charge in [0.15, 0.2) is 5.43 Å². The van der Waals surface area contributed by atoms with Gasteiger partial charge < -0.3 is 11.2 Å². The third kappa shape index (κ3) is 3.14. The van der Waals surface area contributed by atoms with Crippen LogP contribution in [0.5, 0.6) is 0 Å². The molecule has 28 heavy (non-hydrogen) atoms. The van der Waals surface area contributed by atoms with Gasteiger partial charge in [-0.3, -0.25) is 4.79 Å². The molecule has 0 saturated heterocycles. The van der Waals surface area contributed by atoms with E-state index < -0.39 is 0 Å². The van der Waals surface area contributed by atoms with E-state index in [2.05, 4.69) is 30.3 Å². The highest BCUT2D eigenvalue weighted by Gasteiger charge is 2.11. The quantitative estimate of drug-likeness (QED) is 0.313. The van der Waals surface area contributed by atoms with Gasteiger partial charge in [-0.1, -0.05) is 54.2 Å². The molecule has 1 aromatic heterocycles. The van der Waals surface area contributed by atoms with E-state index in [0.29, 0.717) is 0 Å². The minimum Gasteiger partial charge on any atom is -0.412 e. The van der Waals surface area contributed by atoms with Gasteiger partial charge in [0.1, 0.15) is 0 Å². The first kappa shape index (κ1) is 18.5. The first-order valence-electron chi connectivity index (χ1n) is 8.61. The second-order valence-electron chi connectivity index (χ2n) is 6.43. The highest BCUT2D eigenvalue weighted by atomic mass is 32.2. The summed E-state index contributed by atoms with van der Waals surface area (Å²) in [5, 5.41) is 5.43. The first-order chi connectivity index (χ1) is 13.2. The number of rotatable bonds is 2. The summed E-state index contributed by atoms with van der Waals surface area (Å²) in [5.41, 5.74) is 7.12. The zero-order valence-electron chi connectivity index (χ0n) is 14.8. The molecule has 0 saturated carbocycles. The Morgan fingerprint density at radius 3 is 2.29 bits per heavy atom. The fourth-order valence-electron chi connectivity index (χ4n) is 3.35. The van der Waals surface area contributed by atoms with Crippen molar-refractivity contribution in [3.05, 3.63) is 89.1 Å². The van der Waals surface area contributed by atoms with Crippen LogP contribution in [0.2, 0.25) is 0 Å². The van der Waals surface area contributed by atoms with Gasteiger partial charge in [-0.2, -0.15) is 0 Å². The number of nitrogens with two attached hydrogens (primary N) is 1. The Labute approximate surface area is 169 Å². The van der Waals surface area contributed by atoms with Crippen molar-refractivity contribution in [2.24, 2.45) is 0 Å². The second kappa shape index (κ2) is 7.28. The van der Waals surface area contributed by atoms with E-state index in [1.165, 1.54) is 10.8 Å². The predicted molar refractivity (Wildman–Crippen MR) is 122 cm³/mol. The second-order valence-corrected chi connectivity index (χ2v) is 8.83. The van der Waals surface area contributed by atoms with E-state index >= 15 is 0 Å². The molecule has 0 radical (unpaired) electrons. The SMILES string of the molecule is Nc1ccc2cc3ccccc3cc2c1Sc1cc(=O)c2ccccc2s1.O. The van der Waals surface area contributed by atoms with Crippen molar-refractivity contribution in [1.82, 2.24) is 0 Å². The number of fused-ring (bicyclic) bond motifs is 3. The van der Waals surface area contributed by atoms with Crippen molar-refractivity contribution in [3.8, 4) is 0 Å². The molecule has 0 spiro atoms. The van der Waals surface area contributed by atoms with Crippen LogP contribution in [0.1, 0.15) is 0 Å². The highest BCUT2D eigenvalue weighted by Crippen LogP contribution is 2.41. The van der Waals surface area contributed by atoms with E-state index in [1.54, 1.807) is 29.2 Å². The minimum atomic E-state index is 0. The summed E-state index contributed by atoms with van der Waals surface area (Å²) in [6, 6.07) is 26.2. The maximum Gasteiger partial charge on any atom is 0.189 e. The zero-order chi connectivity index (χ0) is 18.4. The van der Waals surface area contributed by atoms with E-state index in [1.807, 2.05) is 42.5 Å². The Morgan fingerprint density at radius 1 is 0.750 bits per heavy atom. The van der Waals surface area contributed by atoms with Crippen LogP contribution in [0.15, 0.2) is 92.8 Å². The van der Waals surface area contributed by atoms with Crippen LogP contribution in [0.25, 0.3) is 31.6 Å². The van der Waals surface area contributed by atoms with Crippen LogP contribution in [0.3, 0.4) is 0 Å². The van der Waals surface area contributed by atoms with Crippen LogP contribution in [0, 0.1) is 0 Å². The lowest BCUT2D eigenvalue weighted by Crippen LogP contribution is -1.98. The molecule has 0 aliphatic heterocycles. The number of nitrogen functional groups attached to an aromatic ring is 1. The van der Waals surface area contributed by atoms with E-state index in [-0.39, 0.29) is 10.9 Å². The molecule has 0 bridgehead atoms. The molecule has 0 unspecified atom stereocenters. The summed E-state index contributed by atoms with van der Waals surface area (Å²) in [6.07, 6.45) is 0. The van der Waals surface area contributed by atoms with Crippen molar-refractivity contribution in [3.63, 3.8) is 0 Å². The normalized spacial score (nSPS) is 11.0. The summed E-state index contributed by atoms with van der Waals surface area (Å²) >= 11 is 3.20. The van der Waals surface area contributed by atoms with E-state index in [0.717, 1.165) is 35.7 Å². The van der Waals surface area contributed by atoms with Crippen LogP contribution >= 0.6 is 23.1 Å². The molecule has 4 aromatic carbocycles. The average molecular weight is 404 g/mol. The van der Waals surface area contributed by atoms with Gasteiger partial charge in [0.2, 0.25) is 0 Å². The molecule has 0 fully saturated rings. The zero-order valence-corrected chi connectivity index (χ0v) is 16.4. The average Bonchev–Trinajstić information content (AvgIpc) is 2.69. The molecule has 0 atom stereocenters. The first-order valence-corrected chi connectivity index (χ1v) is 10.2. The molecule has 5 aromatic rings. The fourth-order valence-corrected chi connectivity index (χ4v) is 5.68. The minimum absolute atomic E-state index is 0. The molecule has 5 rings (SSSR count). The van der Waals surface area contributed by atoms with Gasteiger partial charge in [-0.15, -0.1) is 11.3 Å².